The van der Waals surface area contributed by atoms with Gasteiger partial charge in [0.05, 0.1) is 5.92 Å². The first-order valence-electron chi connectivity index (χ1n) is 4.68. The largest absolute Gasteiger partial charge is 0.330 e. The van der Waals surface area contributed by atoms with Crippen molar-refractivity contribution < 1.29 is 4.79 Å². The van der Waals surface area contributed by atoms with Gasteiger partial charge < -0.3 is 11.1 Å². The van der Waals surface area contributed by atoms with Crippen LogP contribution in [-0.2, 0) is 11.8 Å². The van der Waals surface area contributed by atoms with Gasteiger partial charge in [-0.25, -0.2) is 0 Å². The second-order valence-electron chi connectivity index (χ2n) is 3.20. The second kappa shape index (κ2) is 4.76. The van der Waals surface area contributed by atoms with Crippen molar-refractivity contribution in [1.82, 2.24) is 9.78 Å². The molecule has 0 aliphatic heterocycles. The van der Waals surface area contributed by atoms with Crippen molar-refractivity contribution in [1.29, 1.82) is 0 Å². The van der Waals surface area contributed by atoms with Gasteiger partial charge in [0.2, 0.25) is 5.91 Å². The number of aromatic nitrogens is 2. The molecular weight excluding hydrogens is 180 g/mol. The van der Waals surface area contributed by atoms with Gasteiger partial charge in [0, 0.05) is 25.9 Å². The molecule has 0 saturated heterocycles. The van der Waals surface area contributed by atoms with Crippen LogP contribution in [0.1, 0.15) is 13.3 Å². The number of nitrogens with one attached hydrogen (secondary N) is 1. The summed E-state index contributed by atoms with van der Waals surface area (Å²) in [6.07, 6.45) is 2.52. The molecule has 0 fully saturated rings. The standard InChI is InChI=1S/C9H16N4O/c1-3-7(6-10)9(14)11-8-4-5-13(2)12-8/h4-5,7H,3,6,10H2,1-2H3,(H,11,12,14). The maximum Gasteiger partial charge on any atom is 0.229 e. The number of nitrogens with zero attached hydrogens (tertiary/aromatic N) is 2. The minimum atomic E-state index is -0.128. The van der Waals surface area contributed by atoms with Gasteiger partial charge >= 0.3 is 0 Å². The number of anilines is 1. The highest BCUT2D eigenvalue weighted by Gasteiger charge is 2.14. The molecule has 0 bridgehead atoms. The Bertz CT molecular complexity index is 304. The molecule has 0 aromatic carbocycles. The fourth-order valence-electron chi connectivity index (χ4n) is 1.17. The highest BCUT2D eigenvalue weighted by Crippen LogP contribution is 2.06. The Kier molecular flexibility index (Phi) is 3.64. The SMILES string of the molecule is CCC(CN)C(=O)Nc1ccn(C)n1. The predicted molar refractivity (Wildman–Crippen MR) is 54.7 cm³/mol. The van der Waals surface area contributed by atoms with Gasteiger partial charge in [-0.3, -0.25) is 9.48 Å². The quantitative estimate of drug-likeness (QED) is 0.729. The van der Waals surface area contributed by atoms with Gasteiger partial charge in [0.25, 0.3) is 0 Å². The van der Waals surface area contributed by atoms with Crippen LogP contribution >= 0.6 is 0 Å². The molecule has 0 aliphatic carbocycles. The van der Waals surface area contributed by atoms with Gasteiger partial charge in [0.1, 0.15) is 0 Å². The van der Waals surface area contributed by atoms with Crippen LogP contribution in [0.3, 0.4) is 0 Å². The van der Waals surface area contributed by atoms with E-state index in [4.69, 9.17) is 5.73 Å². The van der Waals surface area contributed by atoms with Crippen molar-refractivity contribution in [3.8, 4) is 0 Å². The molecule has 1 rings (SSSR count). The average Bonchev–Trinajstić information content (AvgIpc) is 2.53. The third-order valence-electron chi connectivity index (χ3n) is 2.11. The Morgan fingerprint density at radius 2 is 2.50 bits per heavy atom. The Morgan fingerprint density at radius 1 is 1.79 bits per heavy atom. The first kappa shape index (κ1) is 10.7. The first-order chi connectivity index (χ1) is 6.67. The molecule has 1 aromatic rings. The normalized spacial score (nSPS) is 12.5. The van der Waals surface area contributed by atoms with Crippen LogP contribution < -0.4 is 11.1 Å². The molecule has 1 heterocycles. The zero-order valence-electron chi connectivity index (χ0n) is 8.53. The van der Waals surface area contributed by atoms with E-state index in [1.807, 2.05) is 6.92 Å². The number of hydrogen-bond donors (Lipinski definition) is 2. The van der Waals surface area contributed by atoms with Crippen molar-refractivity contribution in [3.05, 3.63) is 12.3 Å². The minimum Gasteiger partial charge on any atom is -0.330 e. The first-order valence-corrected chi connectivity index (χ1v) is 4.68. The highest BCUT2D eigenvalue weighted by molar-refractivity contribution is 5.91. The van der Waals surface area contributed by atoms with Crippen LogP contribution in [0, 0.1) is 5.92 Å². The molecule has 0 saturated carbocycles. The van der Waals surface area contributed by atoms with E-state index < -0.39 is 0 Å². The molecule has 5 nitrogen and oxygen atoms in total. The lowest BCUT2D eigenvalue weighted by atomic mass is 10.1. The minimum absolute atomic E-state index is 0.0614. The number of amides is 1. The molecular formula is C9H16N4O. The van der Waals surface area contributed by atoms with Crippen molar-refractivity contribution in [2.24, 2.45) is 18.7 Å². The lowest BCUT2D eigenvalue weighted by Crippen LogP contribution is -2.28. The summed E-state index contributed by atoms with van der Waals surface area (Å²) >= 11 is 0. The van der Waals surface area contributed by atoms with E-state index in [0.717, 1.165) is 6.42 Å². The summed E-state index contributed by atoms with van der Waals surface area (Å²) in [5, 5.41) is 6.76. The zero-order valence-corrected chi connectivity index (χ0v) is 8.53. The molecule has 1 amide bonds. The Labute approximate surface area is 83.3 Å². The second-order valence-corrected chi connectivity index (χ2v) is 3.20. The average molecular weight is 196 g/mol. The fourth-order valence-corrected chi connectivity index (χ4v) is 1.17. The number of aryl methyl sites for hydroxylation is 1. The molecule has 1 unspecified atom stereocenters. The predicted octanol–water partition coefficient (Wildman–Crippen LogP) is 0.343. The Balaban J connectivity index is 2.56. The van der Waals surface area contributed by atoms with E-state index >= 15 is 0 Å². The summed E-state index contributed by atoms with van der Waals surface area (Å²) in [7, 11) is 1.80. The van der Waals surface area contributed by atoms with Gasteiger partial charge in [-0.15, -0.1) is 0 Å². The molecule has 78 valence electrons. The summed E-state index contributed by atoms with van der Waals surface area (Å²) in [6.45, 7) is 2.31. The summed E-state index contributed by atoms with van der Waals surface area (Å²) < 4.78 is 1.64. The molecule has 5 heteroatoms. The number of nitrogens with two attached hydrogens (primary N) is 1. The topological polar surface area (TPSA) is 72.9 Å². The van der Waals surface area contributed by atoms with Crippen LogP contribution in [-0.4, -0.2) is 22.2 Å². The zero-order chi connectivity index (χ0) is 10.6. The van der Waals surface area contributed by atoms with Gasteiger partial charge in [-0.2, -0.15) is 5.10 Å². The molecule has 1 aromatic heterocycles. The van der Waals surface area contributed by atoms with E-state index in [9.17, 15) is 4.79 Å². The van der Waals surface area contributed by atoms with Gasteiger partial charge in [0.15, 0.2) is 5.82 Å². The third-order valence-corrected chi connectivity index (χ3v) is 2.11. The molecule has 0 aliphatic rings. The smallest absolute Gasteiger partial charge is 0.229 e. The monoisotopic (exact) mass is 196 g/mol. The Morgan fingerprint density at radius 3 is 2.93 bits per heavy atom. The van der Waals surface area contributed by atoms with Crippen LogP contribution in [0.15, 0.2) is 12.3 Å². The summed E-state index contributed by atoms with van der Waals surface area (Å²) in [5.74, 6) is 0.384. The van der Waals surface area contributed by atoms with Crippen LogP contribution in [0.5, 0.6) is 0 Å². The lowest BCUT2D eigenvalue weighted by molar-refractivity contribution is -0.119. The number of hydrogen-bond acceptors (Lipinski definition) is 3. The third kappa shape index (κ3) is 2.56. The molecule has 0 radical (unpaired) electrons. The van der Waals surface area contributed by atoms with E-state index in [2.05, 4.69) is 10.4 Å². The highest BCUT2D eigenvalue weighted by atomic mass is 16.2. The summed E-state index contributed by atoms with van der Waals surface area (Å²) in [6, 6.07) is 1.75. The summed E-state index contributed by atoms with van der Waals surface area (Å²) in [4.78, 5) is 11.5. The van der Waals surface area contributed by atoms with Gasteiger partial charge in [-0.1, -0.05) is 6.92 Å². The van der Waals surface area contributed by atoms with E-state index in [1.54, 1.807) is 24.0 Å². The maximum atomic E-state index is 11.5. The summed E-state index contributed by atoms with van der Waals surface area (Å²) in [5.41, 5.74) is 5.46. The van der Waals surface area contributed by atoms with E-state index in [1.165, 1.54) is 0 Å². The van der Waals surface area contributed by atoms with E-state index in [0.29, 0.717) is 12.4 Å². The van der Waals surface area contributed by atoms with Crippen molar-refractivity contribution >= 4 is 11.7 Å². The van der Waals surface area contributed by atoms with Crippen LogP contribution in [0.4, 0.5) is 5.82 Å². The molecule has 14 heavy (non-hydrogen) atoms. The van der Waals surface area contributed by atoms with Crippen LogP contribution in [0.2, 0.25) is 0 Å². The van der Waals surface area contributed by atoms with Gasteiger partial charge in [-0.05, 0) is 6.42 Å². The van der Waals surface area contributed by atoms with E-state index in [-0.39, 0.29) is 11.8 Å². The maximum absolute atomic E-state index is 11.5. The van der Waals surface area contributed by atoms with Crippen molar-refractivity contribution in [2.45, 2.75) is 13.3 Å². The number of carbonyl (C=O) groups excluding carboxylic acids is 1. The Hall–Kier alpha value is -1.36. The van der Waals surface area contributed by atoms with Crippen molar-refractivity contribution in [2.75, 3.05) is 11.9 Å². The molecule has 0 spiro atoms. The van der Waals surface area contributed by atoms with Crippen molar-refractivity contribution in [3.63, 3.8) is 0 Å². The number of rotatable bonds is 4. The van der Waals surface area contributed by atoms with Crippen LogP contribution in [0.25, 0.3) is 0 Å². The molecule has 1 atom stereocenters. The number of carbonyl (C=O) groups is 1. The fraction of sp³-hybridized carbons (Fsp3) is 0.556. The molecule has 3 N–H and O–H groups in total. The lowest BCUT2D eigenvalue weighted by Gasteiger charge is -2.10.